The van der Waals surface area contributed by atoms with Crippen LogP contribution in [0.2, 0.25) is 0 Å². The molecule has 1 rings (SSSR count). The van der Waals surface area contributed by atoms with Crippen LogP contribution in [0.25, 0.3) is 0 Å². The highest BCUT2D eigenvalue weighted by atomic mass is 79.9. The van der Waals surface area contributed by atoms with Gasteiger partial charge in [-0.3, -0.25) is 0 Å². The number of hydrogen-bond donors (Lipinski definition) is 0. The van der Waals surface area contributed by atoms with E-state index in [1.165, 1.54) is 23.9 Å². The third kappa shape index (κ3) is 3.34. The quantitative estimate of drug-likeness (QED) is 0.520. The van der Waals surface area contributed by atoms with Gasteiger partial charge < -0.3 is 4.74 Å². The van der Waals surface area contributed by atoms with Crippen LogP contribution in [-0.2, 0) is 4.74 Å². The zero-order chi connectivity index (χ0) is 8.16. The molecule has 1 aliphatic rings. The predicted molar refractivity (Wildman–Crippen MR) is 54.7 cm³/mol. The second-order valence-electron chi connectivity index (χ2n) is 3.18. The summed E-state index contributed by atoms with van der Waals surface area (Å²) in [5, 5.41) is 1.18. The average Bonchev–Trinajstić information content (AvgIpc) is 2.80. The van der Waals surface area contributed by atoms with Gasteiger partial charge in [-0.15, -0.1) is 0 Å². The summed E-state index contributed by atoms with van der Waals surface area (Å²) in [4.78, 5) is 0. The summed E-state index contributed by atoms with van der Waals surface area (Å²) in [6.07, 6.45) is 2.83. The summed E-state index contributed by atoms with van der Waals surface area (Å²) in [5.74, 6) is 2.45. The van der Waals surface area contributed by atoms with Gasteiger partial charge in [0.25, 0.3) is 0 Å². The Balaban J connectivity index is 1.94. The number of ether oxygens (including phenoxy) is 1. The van der Waals surface area contributed by atoms with E-state index < -0.39 is 0 Å². The number of halogens is 1. The maximum absolute atomic E-state index is 4.98. The van der Waals surface area contributed by atoms with Crippen LogP contribution < -0.4 is 0 Å². The van der Waals surface area contributed by atoms with Crippen molar-refractivity contribution in [3.63, 3.8) is 0 Å². The van der Waals surface area contributed by atoms with Gasteiger partial charge in [0.2, 0.25) is 0 Å². The molecule has 66 valence electrons. The Kier molecular flexibility index (Phi) is 4.24. The normalized spacial score (nSPS) is 20.2. The molecular weight excluding hydrogens is 224 g/mol. The van der Waals surface area contributed by atoms with Crippen LogP contribution in [0.4, 0.5) is 0 Å². The van der Waals surface area contributed by atoms with Gasteiger partial charge in [0, 0.05) is 18.2 Å². The van der Waals surface area contributed by atoms with Gasteiger partial charge in [0.15, 0.2) is 0 Å². The smallest absolute Gasteiger partial charge is 0.0552 e. The highest BCUT2D eigenvalue weighted by Crippen LogP contribution is 2.49. The van der Waals surface area contributed by atoms with Crippen molar-refractivity contribution in [1.29, 1.82) is 0 Å². The molecule has 0 bridgehead atoms. The van der Waals surface area contributed by atoms with E-state index in [1.807, 2.05) is 11.8 Å². The third-order valence-electron chi connectivity index (χ3n) is 2.08. The Labute approximate surface area is 81.4 Å². The van der Waals surface area contributed by atoms with Gasteiger partial charge in [-0.2, -0.15) is 11.8 Å². The lowest BCUT2D eigenvalue weighted by atomic mass is 10.2. The van der Waals surface area contributed by atoms with Crippen LogP contribution in [0.15, 0.2) is 0 Å². The van der Waals surface area contributed by atoms with Gasteiger partial charge >= 0.3 is 0 Å². The number of alkyl halides is 1. The van der Waals surface area contributed by atoms with Crippen molar-refractivity contribution < 1.29 is 4.74 Å². The monoisotopic (exact) mass is 238 g/mol. The van der Waals surface area contributed by atoms with Crippen LogP contribution >= 0.6 is 27.7 Å². The maximum atomic E-state index is 4.98. The van der Waals surface area contributed by atoms with Crippen LogP contribution in [0.3, 0.4) is 0 Å². The van der Waals surface area contributed by atoms with Crippen LogP contribution in [0.5, 0.6) is 0 Å². The standard InChI is InChI=1S/C8H15BrOS/c1-10-4-5-11-7-8(6-9)2-3-8/h2-7H2,1H3. The van der Waals surface area contributed by atoms with Crippen molar-refractivity contribution >= 4 is 27.7 Å². The largest absolute Gasteiger partial charge is 0.384 e. The van der Waals surface area contributed by atoms with Gasteiger partial charge in [0.1, 0.15) is 0 Å². The summed E-state index contributed by atoms with van der Waals surface area (Å²) in [7, 11) is 1.76. The Morgan fingerprint density at radius 2 is 2.27 bits per heavy atom. The van der Waals surface area contributed by atoms with Crippen molar-refractivity contribution in [3.8, 4) is 0 Å². The van der Waals surface area contributed by atoms with Gasteiger partial charge in [-0.05, 0) is 24.0 Å². The molecular formula is C8H15BrOS. The summed E-state index contributed by atoms with van der Waals surface area (Å²) in [6.45, 7) is 0.892. The lowest BCUT2D eigenvalue weighted by Gasteiger charge is -2.09. The van der Waals surface area contributed by atoms with E-state index in [0.717, 1.165) is 12.4 Å². The predicted octanol–water partition coefficient (Wildman–Crippen LogP) is 2.54. The molecule has 11 heavy (non-hydrogen) atoms. The Morgan fingerprint density at radius 1 is 1.55 bits per heavy atom. The topological polar surface area (TPSA) is 9.23 Å². The summed E-state index contributed by atoms with van der Waals surface area (Å²) < 4.78 is 4.98. The molecule has 0 amide bonds. The zero-order valence-corrected chi connectivity index (χ0v) is 9.34. The Bertz CT molecular complexity index is 115. The molecule has 0 unspecified atom stereocenters. The molecule has 0 aromatic heterocycles. The number of thioether (sulfide) groups is 1. The van der Waals surface area contributed by atoms with E-state index in [-0.39, 0.29) is 0 Å². The fourth-order valence-electron chi connectivity index (χ4n) is 0.924. The fraction of sp³-hybridized carbons (Fsp3) is 1.00. The SMILES string of the molecule is COCCSCC1(CBr)CC1. The average molecular weight is 239 g/mol. The van der Waals surface area contributed by atoms with Crippen molar-refractivity contribution in [2.75, 3.05) is 30.6 Å². The van der Waals surface area contributed by atoms with Gasteiger partial charge in [-0.1, -0.05) is 15.9 Å². The Hall–Kier alpha value is 0.790. The highest BCUT2D eigenvalue weighted by Gasteiger charge is 2.40. The zero-order valence-electron chi connectivity index (χ0n) is 6.94. The van der Waals surface area contributed by atoms with Crippen molar-refractivity contribution in [3.05, 3.63) is 0 Å². The summed E-state index contributed by atoms with van der Waals surface area (Å²) in [6, 6.07) is 0. The fourth-order valence-corrected chi connectivity index (χ4v) is 3.20. The first kappa shape index (κ1) is 9.87. The molecule has 0 N–H and O–H groups in total. The minimum Gasteiger partial charge on any atom is -0.384 e. The van der Waals surface area contributed by atoms with Crippen molar-refractivity contribution in [2.24, 2.45) is 5.41 Å². The second kappa shape index (κ2) is 4.73. The molecule has 1 aliphatic carbocycles. The molecule has 0 aliphatic heterocycles. The molecule has 0 aromatic rings. The molecule has 0 aromatic carbocycles. The molecule has 0 spiro atoms. The van der Waals surface area contributed by atoms with Crippen molar-refractivity contribution in [1.82, 2.24) is 0 Å². The van der Waals surface area contributed by atoms with E-state index in [4.69, 9.17) is 4.74 Å². The van der Waals surface area contributed by atoms with Crippen LogP contribution in [0, 0.1) is 5.41 Å². The molecule has 1 saturated carbocycles. The molecule has 0 atom stereocenters. The highest BCUT2D eigenvalue weighted by molar-refractivity contribution is 9.09. The molecule has 1 nitrogen and oxygen atoms in total. The Morgan fingerprint density at radius 3 is 2.73 bits per heavy atom. The lowest BCUT2D eigenvalue weighted by molar-refractivity contribution is 0.218. The maximum Gasteiger partial charge on any atom is 0.0552 e. The second-order valence-corrected chi connectivity index (χ2v) is 4.84. The van der Waals surface area contributed by atoms with Gasteiger partial charge in [0.05, 0.1) is 6.61 Å². The molecule has 0 radical (unpaired) electrons. The molecule has 0 heterocycles. The summed E-state index contributed by atoms with van der Waals surface area (Å²) >= 11 is 5.57. The van der Waals surface area contributed by atoms with E-state index in [1.54, 1.807) is 7.11 Å². The first-order valence-corrected chi connectivity index (χ1v) is 6.23. The number of hydrogen-bond acceptors (Lipinski definition) is 2. The molecule has 0 saturated heterocycles. The van der Waals surface area contributed by atoms with E-state index in [0.29, 0.717) is 5.41 Å². The first-order chi connectivity index (χ1) is 5.33. The van der Waals surface area contributed by atoms with Crippen LogP contribution in [-0.4, -0.2) is 30.6 Å². The number of methoxy groups -OCH3 is 1. The van der Waals surface area contributed by atoms with E-state index >= 15 is 0 Å². The summed E-state index contributed by atoms with van der Waals surface area (Å²) in [5.41, 5.74) is 0.665. The number of rotatable bonds is 6. The minimum absolute atomic E-state index is 0.665. The van der Waals surface area contributed by atoms with E-state index in [2.05, 4.69) is 15.9 Å². The van der Waals surface area contributed by atoms with Crippen molar-refractivity contribution in [2.45, 2.75) is 12.8 Å². The lowest BCUT2D eigenvalue weighted by Crippen LogP contribution is -2.06. The third-order valence-corrected chi connectivity index (χ3v) is 4.54. The molecule has 1 fully saturated rings. The van der Waals surface area contributed by atoms with E-state index in [9.17, 15) is 0 Å². The molecule has 3 heteroatoms. The minimum atomic E-state index is 0.665. The van der Waals surface area contributed by atoms with Gasteiger partial charge in [-0.25, -0.2) is 0 Å². The first-order valence-electron chi connectivity index (χ1n) is 3.96. The van der Waals surface area contributed by atoms with Crippen LogP contribution in [0.1, 0.15) is 12.8 Å².